The van der Waals surface area contributed by atoms with Crippen LogP contribution in [-0.2, 0) is 0 Å². The van der Waals surface area contributed by atoms with Crippen molar-refractivity contribution < 1.29 is 4.39 Å². The fraction of sp³-hybridized carbons (Fsp3) is 0.158. The van der Waals surface area contributed by atoms with Crippen LogP contribution >= 0.6 is 0 Å². The Hall–Kier alpha value is -2.95. The van der Waals surface area contributed by atoms with Crippen molar-refractivity contribution in [1.82, 2.24) is 9.97 Å². The lowest BCUT2D eigenvalue weighted by molar-refractivity contribution is 0.625. The molecule has 1 heterocycles. The summed E-state index contributed by atoms with van der Waals surface area (Å²) in [4.78, 5) is 8.85. The minimum atomic E-state index is -0.231. The zero-order valence-corrected chi connectivity index (χ0v) is 13.6. The molecule has 24 heavy (non-hydrogen) atoms. The second-order valence-corrected chi connectivity index (χ2v) is 5.74. The van der Waals surface area contributed by atoms with Gasteiger partial charge in [0.1, 0.15) is 11.5 Å². The molecule has 3 aromatic rings. The van der Waals surface area contributed by atoms with Gasteiger partial charge in [0.2, 0.25) is 0 Å². The van der Waals surface area contributed by atoms with Gasteiger partial charge in [-0.15, -0.1) is 0 Å². The van der Waals surface area contributed by atoms with Gasteiger partial charge in [0.15, 0.2) is 5.82 Å². The number of anilines is 2. The highest BCUT2D eigenvalue weighted by Gasteiger charge is 2.13. The van der Waals surface area contributed by atoms with Gasteiger partial charge in [-0.1, -0.05) is 18.2 Å². The lowest BCUT2D eigenvalue weighted by Crippen LogP contribution is -2.11. The zero-order valence-electron chi connectivity index (χ0n) is 13.6. The van der Waals surface area contributed by atoms with Crippen molar-refractivity contribution in [3.63, 3.8) is 0 Å². The van der Waals surface area contributed by atoms with E-state index in [2.05, 4.69) is 15.3 Å². The predicted octanol–water partition coefficient (Wildman–Crippen LogP) is 4.35. The summed E-state index contributed by atoms with van der Waals surface area (Å²) in [5.74, 6) is 0.448. The van der Waals surface area contributed by atoms with Crippen molar-refractivity contribution in [3.05, 3.63) is 71.8 Å². The van der Waals surface area contributed by atoms with Gasteiger partial charge in [-0.25, -0.2) is 9.37 Å². The Bertz CT molecular complexity index is 846. The molecule has 0 aliphatic carbocycles. The Labute approximate surface area is 140 Å². The Kier molecular flexibility index (Phi) is 4.42. The van der Waals surface area contributed by atoms with Crippen LogP contribution in [-0.4, -0.2) is 9.97 Å². The van der Waals surface area contributed by atoms with Crippen LogP contribution in [0.1, 0.15) is 24.1 Å². The highest BCUT2D eigenvalue weighted by atomic mass is 19.1. The van der Waals surface area contributed by atoms with Gasteiger partial charge in [-0.2, -0.15) is 0 Å². The first-order chi connectivity index (χ1) is 11.5. The Morgan fingerprint density at radius 2 is 1.75 bits per heavy atom. The average Bonchev–Trinajstić information content (AvgIpc) is 2.56. The van der Waals surface area contributed by atoms with E-state index in [4.69, 9.17) is 5.73 Å². The zero-order chi connectivity index (χ0) is 17.1. The van der Waals surface area contributed by atoms with Crippen LogP contribution in [0, 0.1) is 12.7 Å². The van der Waals surface area contributed by atoms with E-state index in [1.54, 1.807) is 18.5 Å². The molecule has 0 fully saturated rings. The van der Waals surface area contributed by atoms with E-state index in [1.807, 2.05) is 38.1 Å². The van der Waals surface area contributed by atoms with Crippen molar-refractivity contribution in [3.8, 4) is 11.3 Å². The first-order valence-corrected chi connectivity index (χ1v) is 7.74. The fourth-order valence-electron chi connectivity index (χ4n) is 2.70. The van der Waals surface area contributed by atoms with Gasteiger partial charge < -0.3 is 11.1 Å². The summed E-state index contributed by atoms with van der Waals surface area (Å²) in [7, 11) is 0. The summed E-state index contributed by atoms with van der Waals surface area (Å²) in [5, 5.41) is 3.37. The number of nitrogens with two attached hydrogens (primary N) is 1. The molecule has 1 atom stereocenters. The second-order valence-electron chi connectivity index (χ2n) is 5.74. The van der Waals surface area contributed by atoms with Gasteiger partial charge in [-0.05, 0) is 49.2 Å². The first kappa shape index (κ1) is 15.9. The van der Waals surface area contributed by atoms with Gasteiger partial charge in [0, 0.05) is 23.6 Å². The highest BCUT2D eigenvalue weighted by Crippen LogP contribution is 2.28. The number of nitrogen functional groups attached to an aromatic ring is 1. The van der Waals surface area contributed by atoms with E-state index in [9.17, 15) is 4.39 Å². The molecule has 3 N–H and O–H groups in total. The van der Waals surface area contributed by atoms with Crippen molar-refractivity contribution in [2.75, 3.05) is 11.1 Å². The third-order valence-corrected chi connectivity index (χ3v) is 3.93. The summed E-state index contributed by atoms with van der Waals surface area (Å²) in [5.41, 5.74) is 10.0. The lowest BCUT2D eigenvalue weighted by atomic mass is 10.0. The van der Waals surface area contributed by atoms with Crippen LogP contribution in [0.2, 0.25) is 0 Å². The van der Waals surface area contributed by atoms with Crippen LogP contribution in [0.4, 0.5) is 15.9 Å². The van der Waals surface area contributed by atoms with E-state index < -0.39 is 0 Å². The van der Waals surface area contributed by atoms with Crippen LogP contribution < -0.4 is 11.1 Å². The molecule has 0 radical (unpaired) electrons. The number of halogens is 1. The number of aryl methyl sites for hydroxylation is 1. The van der Waals surface area contributed by atoms with E-state index in [-0.39, 0.29) is 11.9 Å². The number of nitrogens with one attached hydrogen (secondary N) is 1. The molecule has 0 aliphatic heterocycles. The summed E-state index contributed by atoms with van der Waals surface area (Å²) in [6, 6.07) is 12.3. The van der Waals surface area contributed by atoms with E-state index in [0.29, 0.717) is 11.5 Å². The third-order valence-electron chi connectivity index (χ3n) is 3.93. The number of hydrogen-bond donors (Lipinski definition) is 2. The number of aromatic nitrogens is 2. The quantitative estimate of drug-likeness (QED) is 0.701. The highest BCUT2D eigenvalue weighted by molar-refractivity contribution is 5.72. The maximum atomic E-state index is 13.3. The largest absolute Gasteiger partial charge is 0.399 e. The molecule has 0 saturated heterocycles. The molecule has 0 aliphatic rings. The van der Waals surface area contributed by atoms with Gasteiger partial charge in [-0.3, -0.25) is 4.98 Å². The van der Waals surface area contributed by atoms with Crippen LogP contribution in [0.5, 0.6) is 0 Å². The lowest BCUT2D eigenvalue weighted by Gasteiger charge is -2.19. The Balaban J connectivity index is 1.91. The molecule has 4 nitrogen and oxygen atoms in total. The van der Waals surface area contributed by atoms with E-state index in [0.717, 1.165) is 22.4 Å². The molecule has 0 amide bonds. The molecule has 0 saturated carbocycles. The Morgan fingerprint density at radius 1 is 1.04 bits per heavy atom. The molecule has 1 aromatic heterocycles. The van der Waals surface area contributed by atoms with Gasteiger partial charge in [0.25, 0.3) is 0 Å². The maximum Gasteiger partial charge on any atom is 0.153 e. The van der Waals surface area contributed by atoms with Crippen molar-refractivity contribution >= 4 is 11.5 Å². The number of hydrogen-bond acceptors (Lipinski definition) is 4. The summed E-state index contributed by atoms with van der Waals surface area (Å²) < 4.78 is 13.3. The number of benzene rings is 2. The predicted molar refractivity (Wildman–Crippen MR) is 95.1 cm³/mol. The molecule has 3 rings (SSSR count). The minimum absolute atomic E-state index is 0.0326. The van der Waals surface area contributed by atoms with E-state index >= 15 is 0 Å². The van der Waals surface area contributed by atoms with Crippen molar-refractivity contribution in [1.29, 1.82) is 0 Å². The molecule has 0 spiro atoms. The standard InChI is InChI=1S/C19H19FN4/c1-12-11-15(20)5-8-17(12)13(2)24-19-18(22-9-10-23-19)14-3-6-16(21)7-4-14/h3-11,13H,21H2,1-2H3,(H,23,24)/t13-/m0/s1. The topological polar surface area (TPSA) is 63.8 Å². The SMILES string of the molecule is Cc1cc(F)ccc1[C@H](C)Nc1nccnc1-c1ccc(N)cc1. The minimum Gasteiger partial charge on any atom is -0.399 e. The molecular weight excluding hydrogens is 303 g/mol. The van der Waals surface area contributed by atoms with Gasteiger partial charge in [0.05, 0.1) is 6.04 Å². The summed E-state index contributed by atoms with van der Waals surface area (Å²) in [6.45, 7) is 3.91. The first-order valence-electron chi connectivity index (χ1n) is 7.74. The van der Waals surface area contributed by atoms with E-state index in [1.165, 1.54) is 12.1 Å². The van der Waals surface area contributed by atoms with Crippen molar-refractivity contribution in [2.45, 2.75) is 19.9 Å². The fourth-order valence-corrected chi connectivity index (χ4v) is 2.70. The van der Waals surface area contributed by atoms with Crippen LogP contribution in [0.3, 0.4) is 0 Å². The molecule has 0 unspecified atom stereocenters. The summed E-state index contributed by atoms with van der Waals surface area (Å²) in [6.07, 6.45) is 3.30. The number of nitrogens with zero attached hydrogens (tertiary/aromatic N) is 2. The Morgan fingerprint density at radius 3 is 2.46 bits per heavy atom. The summed E-state index contributed by atoms with van der Waals surface area (Å²) >= 11 is 0. The monoisotopic (exact) mass is 322 g/mol. The second kappa shape index (κ2) is 6.66. The average molecular weight is 322 g/mol. The molecule has 122 valence electrons. The third kappa shape index (κ3) is 3.35. The number of rotatable bonds is 4. The van der Waals surface area contributed by atoms with Crippen molar-refractivity contribution in [2.24, 2.45) is 0 Å². The molecule has 5 heteroatoms. The van der Waals surface area contributed by atoms with Crippen LogP contribution in [0.25, 0.3) is 11.3 Å². The molecule has 2 aromatic carbocycles. The van der Waals surface area contributed by atoms with Gasteiger partial charge >= 0.3 is 0 Å². The molecule has 0 bridgehead atoms. The normalized spacial score (nSPS) is 12.0. The molecular formula is C19H19FN4. The smallest absolute Gasteiger partial charge is 0.153 e. The maximum absolute atomic E-state index is 13.3. The van der Waals surface area contributed by atoms with Crippen LogP contribution in [0.15, 0.2) is 54.9 Å².